The molecule has 1 aromatic rings. The average Bonchev–Trinajstić information content (AvgIpc) is 2.27. The standard InChI is InChI=1S/C13H15FN2O3/c1-8(2)7-16(3)13(19)15-10-6-4-5-9(14)11(10)12(17)18/h4-6H,1,7H2,2-3H3,(H,15,19)(H,17,18). The van der Waals surface area contributed by atoms with Crippen molar-refractivity contribution in [2.24, 2.45) is 0 Å². The van der Waals surface area contributed by atoms with Crippen LogP contribution in [-0.4, -0.2) is 35.6 Å². The molecule has 0 aliphatic rings. The number of hydrogen-bond donors (Lipinski definition) is 2. The molecule has 102 valence electrons. The van der Waals surface area contributed by atoms with Crippen LogP contribution in [0.25, 0.3) is 0 Å². The molecule has 1 rings (SSSR count). The predicted molar refractivity (Wildman–Crippen MR) is 69.8 cm³/mol. The van der Waals surface area contributed by atoms with Gasteiger partial charge in [-0.25, -0.2) is 14.0 Å². The van der Waals surface area contributed by atoms with Crippen LogP contribution in [0.3, 0.4) is 0 Å². The first-order valence-corrected chi connectivity index (χ1v) is 5.51. The molecule has 2 amide bonds. The third-order valence-electron chi connectivity index (χ3n) is 2.32. The largest absolute Gasteiger partial charge is 0.478 e. The molecule has 0 unspecified atom stereocenters. The molecule has 0 heterocycles. The minimum absolute atomic E-state index is 0.0777. The molecule has 5 nitrogen and oxygen atoms in total. The van der Waals surface area contributed by atoms with Gasteiger partial charge < -0.3 is 15.3 Å². The molecule has 0 radical (unpaired) electrons. The third kappa shape index (κ3) is 3.80. The van der Waals surface area contributed by atoms with Crippen LogP contribution in [0.15, 0.2) is 30.4 Å². The number of anilines is 1. The van der Waals surface area contributed by atoms with Gasteiger partial charge in [0.05, 0.1) is 5.69 Å². The maximum Gasteiger partial charge on any atom is 0.340 e. The number of rotatable bonds is 4. The highest BCUT2D eigenvalue weighted by Gasteiger charge is 2.18. The minimum atomic E-state index is -1.43. The highest BCUT2D eigenvalue weighted by atomic mass is 19.1. The predicted octanol–water partition coefficient (Wildman–Crippen LogP) is 2.56. The van der Waals surface area contributed by atoms with E-state index in [1.807, 2.05) is 0 Å². The van der Waals surface area contributed by atoms with Crippen LogP contribution in [0.4, 0.5) is 14.9 Å². The topological polar surface area (TPSA) is 69.6 Å². The zero-order valence-electron chi connectivity index (χ0n) is 10.7. The molecule has 6 heteroatoms. The summed E-state index contributed by atoms with van der Waals surface area (Å²) in [5.41, 5.74) is 0.140. The van der Waals surface area contributed by atoms with Gasteiger partial charge in [0.1, 0.15) is 11.4 Å². The summed E-state index contributed by atoms with van der Waals surface area (Å²) < 4.78 is 13.4. The van der Waals surface area contributed by atoms with E-state index in [0.717, 1.165) is 11.6 Å². The van der Waals surface area contributed by atoms with Gasteiger partial charge in [0.2, 0.25) is 0 Å². The second-order valence-electron chi connectivity index (χ2n) is 4.21. The van der Waals surface area contributed by atoms with Crippen LogP contribution in [0.2, 0.25) is 0 Å². The number of carbonyl (C=O) groups excluding carboxylic acids is 1. The maximum atomic E-state index is 13.4. The molecule has 0 spiro atoms. The van der Waals surface area contributed by atoms with Crippen LogP contribution >= 0.6 is 0 Å². The van der Waals surface area contributed by atoms with Crippen molar-refractivity contribution in [2.45, 2.75) is 6.92 Å². The van der Waals surface area contributed by atoms with E-state index < -0.39 is 23.4 Å². The number of carboxylic acid groups (broad SMARTS) is 1. The van der Waals surface area contributed by atoms with E-state index in [-0.39, 0.29) is 5.69 Å². The molecule has 0 saturated heterocycles. The molecule has 0 atom stereocenters. The molecule has 1 aromatic carbocycles. The van der Waals surface area contributed by atoms with Crippen molar-refractivity contribution >= 4 is 17.7 Å². The van der Waals surface area contributed by atoms with Crippen molar-refractivity contribution in [3.05, 3.63) is 41.7 Å². The summed E-state index contributed by atoms with van der Waals surface area (Å²) in [5.74, 6) is -2.33. The van der Waals surface area contributed by atoms with Crippen LogP contribution in [0.1, 0.15) is 17.3 Å². The Bertz CT molecular complexity index is 529. The number of nitrogens with zero attached hydrogens (tertiary/aromatic N) is 1. The molecule has 0 aliphatic carbocycles. The second-order valence-corrected chi connectivity index (χ2v) is 4.21. The molecule has 19 heavy (non-hydrogen) atoms. The highest BCUT2D eigenvalue weighted by Crippen LogP contribution is 2.19. The number of hydrogen-bond acceptors (Lipinski definition) is 2. The Morgan fingerprint density at radius 1 is 1.47 bits per heavy atom. The van der Waals surface area contributed by atoms with Gasteiger partial charge in [0.15, 0.2) is 0 Å². The number of carbonyl (C=O) groups is 2. The number of amides is 2. The molecule has 0 saturated carbocycles. The summed E-state index contributed by atoms with van der Waals surface area (Å²) in [4.78, 5) is 24.1. The number of benzene rings is 1. The van der Waals surface area contributed by atoms with Crippen molar-refractivity contribution in [2.75, 3.05) is 18.9 Å². The minimum Gasteiger partial charge on any atom is -0.478 e. The zero-order valence-corrected chi connectivity index (χ0v) is 10.7. The zero-order chi connectivity index (χ0) is 14.6. The van der Waals surface area contributed by atoms with Gasteiger partial charge in [-0.15, -0.1) is 0 Å². The summed E-state index contributed by atoms with van der Waals surface area (Å²) in [6.07, 6.45) is 0. The van der Waals surface area contributed by atoms with Gasteiger partial charge >= 0.3 is 12.0 Å². The summed E-state index contributed by atoms with van der Waals surface area (Å²) in [7, 11) is 1.53. The number of carboxylic acids is 1. The van der Waals surface area contributed by atoms with Crippen LogP contribution < -0.4 is 5.32 Å². The SMILES string of the molecule is C=C(C)CN(C)C(=O)Nc1cccc(F)c1C(=O)O. The first-order chi connectivity index (χ1) is 8.82. The number of likely N-dealkylation sites (N-methyl/N-ethyl adjacent to an activating group) is 1. The lowest BCUT2D eigenvalue weighted by molar-refractivity contribution is 0.0693. The van der Waals surface area contributed by atoms with Crippen molar-refractivity contribution in [3.8, 4) is 0 Å². The molecule has 0 fully saturated rings. The Morgan fingerprint density at radius 3 is 2.63 bits per heavy atom. The first kappa shape index (κ1) is 14.7. The van der Waals surface area contributed by atoms with E-state index in [9.17, 15) is 14.0 Å². The van der Waals surface area contributed by atoms with Gasteiger partial charge in [-0.05, 0) is 19.1 Å². The van der Waals surface area contributed by atoms with Gasteiger partial charge in [-0.3, -0.25) is 0 Å². The summed E-state index contributed by atoms with van der Waals surface area (Å²) in [6.45, 7) is 5.75. The summed E-state index contributed by atoms with van der Waals surface area (Å²) in [5, 5.41) is 11.3. The lowest BCUT2D eigenvalue weighted by atomic mass is 10.1. The summed E-state index contributed by atoms with van der Waals surface area (Å²) >= 11 is 0. The van der Waals surface area contributed by atoms with Crippen molar-refractivity contribution in [1.82, 2.24) is 4.90 Å². The van der Waals surface area contributed by atoms with E-state index in [2.05, 4.69) is 11.9 Å². The Hall–Kier alpha value is -2.37. The molecular formula is C13H15FN2O3. The Morgan fingerprint density at radius 2 is 2.11 bits per heavy atom. The highest BCUT2D eigenvalue weighted by molar-refractivity contribution is 6.00. The summed E-state index contributed by atoms with van der Waals surface area (Å²) in [6, 6.07) is 3.16. The van der Waals surface area contributed by atoms with Crippen molar-refractivity contribution < 1.29 is 19.1 Å². The normalized spacial score (nSPS) is 9.84. The number of aromatic carboxylic acids is 1. The van der Waals surface area contributed by atoms with E-state index in [1.165, 1.54) is 24.1 Å². The Balaban J connectivity index is 2.94. The molecule has 0 aromatic heterocycles. The second kappa shape index (κ2) is 5.99. The average molecular weight is 266 g/mol. The smallest absolute Gasteiger partial charge is 0.340 e. The number of halogens is 1. The van der Waals surface area contributed by atoms with Gasteiger partial charge in [-0.1, -0.05) is 18.2 Å². The quantitative estimate of drug-likeness (QED) is 0.823. The van der Waals surface area contributed by atoms with E-state index in [1.54, 1.807) is 6.92 Å². The van der Waals surface area contributed by atoms with Crippen molar-refractivity contribution in [3.63, 3.8) is 0 Å². The molecule has 2 N–H and O–H groups in total. The molecule has 0 bridgehead atoms. The van der Waals surface area contributed by atoms with E-state index in [4.69, 9.17) is 5.11 Å². The fourth-order valence-electron chi connectivity index (χ4n) is 1.53. The fourth-order valence-corrected chi connectivity index (χ4v) is 1.53. The van der Waals surface area contributed by atoms with Crippen LogP contribution in [0.5, 0.6) is 0 Å². The lowest BCUT2D eigenvalue weighted by Gasteiger charge is -2.18. The Kier molecular flexibility index (Phi) is 4.63. The Labute approximate surface area is 110 Å². The van der Waals surface area contributed by atoms with E-state index >= 15 is 0 Å². The van der Waals surface area contributed by atoms with E-state index in [0.29, 0.717) is 6.54 Å². The first-order valence-electron chi connectivity index (χ1n) is 5.51. The van der Waals surface area contributed by atoms with Gasteiger partial charge in [0.25, 0.3) is 0 Å². The molecular weight excluding hydrogens is 251 g/mol. The van der Waals surface area contributed by atoms with Gasteiger partial charge in [-0.2, -0.15) is 0 Å². The number of urea groups is 1. The monoisotopic (exact) mass is 266 g/mol. The third-order valence-corrected chi connectivity index (χ3v) is 2.32. The lowest BCUT2D eigenvalue weighted by Crippen LogP contribution is -2.33. The van der Waals surface area contributed by atoms with Crippen LogP contribution in [0, 0.1) is 5.82 Å². The molecule has 0 aliphatic heterocycles. The number of nitrogens with one attached hydrogen (secondary N) is 1. The van der Waals surface area contributed by atoms with Gasteiger partial charge in [0, 0.05) is 13.6 Å². The fraction of sp³-hybridized carbons (Fsp3) is 0.231. The van der Waals surface area contributed by atoms with Crippen molar-refractivity contribution in [1.29, 1.82) is 0 Å². The maximum absolute atomic E-state index is 13.4. The van der Waals surface area contributed by atoms with Crippen LogP contribution in [-0.2, 0) is 0 Å².